The van der Waals surface area contributed by atoms with Crippen LogP contribution in [0.3, 0.4) is 0 Å². The van der Waals surface area contributed by atoms with Gasteiger partial charge in [0, 0.05) is 16.4 Å². The highest BCUT2D eigenvalue weighted by atomic mass is 16.1. The van der Waals surface area contributed by atoms with Crippen molar-refractivity contribution in [2.45, 2.75) is 27.7 Å². The Balaban J connectivity index is 3.05. The maximum absolute atomic E-state index is 10.2. The summed E-state index contributed by atoms with van der Waals surface area (Å²) in [6.45, 7) is 8.31. The number of allylic oxidation sites excluding steroid dienone is 1. The van der Waals surface area contributed by atoms with E-state index >= 15 is 0 Å². The zero-order chi connectivity index (χ0) is 7.28. The van der Waals surface area contributed by atoms with E-state index in [-0.39, 0.29) is 10.8 Å². The molecule has 9 heavy (non-hydrogen) atoms. The van der Waals surface area contributed by atoms with E-state index in [0.29, 0.717) is 0 Å². The van der Waals surface area contributed by atoms with Crippen LogP contribution in [0.1, 0.15) is 27.7 Å². The molecule has 0 spiro atoms. The van der Waals surface area contributed by atoms with E-state index in [1.165, 1.54) is 0 Å². The lowest BCUT2D eigenvalue weighted by Crippen LogP contribution is -1.95. The first kappa shape index (κ1) is 6.57. The lowest BCUT2D eigenvalue weighted by molar-refractivity contribution is 0.457. The average Bonchev–Trinajstić information content (AvgIpc) is 2.00. The van der Waals surface area contributed by atoms with Gasteiger partial charge in [0.1, 0.15) is 5.94 Å². The first-order chi connectivity index (χ1) is 3.94. The molecule has 0 amide bonds. The van der Waals surface area contributed by atoms with Gasteiger partial charge in [-0.2, -0.15) is 0 Å². The van der Waals surface area contributed by atoms with Gasteiger partial charge in [-0.15, -0.1) is 0 Å². The van der Waals surface area contributed by atoms with Crippen LogP contribution >= 0.6 is 0 Å². The van der Waals surface area contributed by atoms with E-state index in [9.17, 15) is 4.79 Å². The van der Waals surface area contributed by atoms with Crippen molar-refractivity contribution in [1.82, 2.24) is 0 Å². The third kappa shape index (κ3) is 0.529. The van der Waals surface area contributed by atoms with Crippen molar-refractivity contribution in [1.29, 1.82) is 0 Å². The number of carbonyl (C=O) groups excluding carboxylic acids is 1. The number of hydrogen-bond acceptors (Lipinski definition) is 1. The minimum absolute atomic E-state index is 0.106. The second-order valence-electron chi connectivity index (χ2n) is 3.73. The molecule has 0 aromatic carbocycles. The van der Waals surface area contributed by atoms with Crippen LogP contribution in [-0.4, -0.2) is 5.94 Å². The topological polar surface area (TPSA) is 17.1 Å². The first-order valence-corrected chi connectivity index (χ1v) is 3.20. The minimum Gasteiger partial charge on any atom is -0.234 e. The van der Waals surface area contributed by atoms with Gasteiger partial charge in [-0.3, -0.25) is 0 Å². The van der Waals surface area contributed by atoms with E-state index in [4.69, 9.17) is 0 Å². The predicted molar refractivity (Wildman–Crippen MR) is 36.8 cm³/mol. The Morgan fingerprint density at radius 1 is 1.11 bits per heavy atom. The summed E-state index contributed by atoms with van der Waals surface area (Å²) in [6.07, 6.45) is 0. The van der Waals surface area contributed by atoms with Crippen LogP contribution in [0.4, 0.5) is 0 Å². The monoisotopic (exact) mass is 124 g/mol. The quantitative estimate of drug-likeness (QED) is 0.450. The van der Waals surface area contributed by atoms with Crippen molar-refractivity contribution in [3.63, 3.8) is 0 Å². The summed E-state index contributed by atoms with van der Waals surface area (Å²) < 4.78 is 0. The molecule has 1 aliphatic carbocycles. The molecule has 0 bridgehead atoms. The van der Waals surface area contributed by atoms with E-state index in [2.05, 4.69) is 27.7 Å². The van der Waals surface area contributed by atoms with Gasteiger partial charge in [0.15, 0.2) is 0 Å². The first-order valence-electron chi connectivity index (χ1n) is 3.20. The van der Waals surface area contributed by atoms with E-state index in [0.717, 1.165) is 5.57 Å². The Kier molecular flexibility index (Phi) is 0.948. The molecule has 0 unspecified atom stereocenters. The average molecular weight is 124 g/mol. The smallest absolute Gasteiger partial charge is 0.124 e. The molecule has 0 N–H and O–H groups in total. The maximum Gasteiger partial charge on any atom is 0.124 e. The SMILES string of the molecule is CC1(C)C(=C=O)C1(C)C. The van der Waals surface area contributed by atoms with Gasteiger partial charge in [-0.05, 0) is 0 Å². The predicted octanol–water partition coefficient (Wildman–Crippen LogP) is 1.81. The second kappa shape index (κ2) is 1.30. The molecule has 1 fully saturated rings. The molecule has 0 aliphatic heterocycles. The molecule has 0 heterocycles. The molecule has 1 rings (SSSR count). The van der Waals surface area contributed by atoms with Gasteiger partial charge in [0.05, 0.1) is 0 Å². The van der Waals surface area contributed by atoms with Gasteiger partial charge < -0.3 is 0 Å². The van der Waals surface area contributed by atoms with E-state index in [1.54, 1.807) is 0 Å². The molecule has 1 nitrogen and oxygen atoms in total. The Bertz CT molecular complexity index is 177. The van der Waals surface area contributed by atoms with E-state index in [1.807, 2.05) is 5.94 Å². The summed E-state index contributed by atoms with van der Waals surface area (Å²) in [5, 5.41) is 0. The third-order valence-electron chi connectivity index (χ3n) is 2.85. The second-order valence-corrected chi connectivity index (χ2v) is 3.73. The highest BCUT2D eigenvalue weighted by Gasteiger charge is 2.61. The standard InChI is InChI=1S/C8H12O/c1-7(2)6(5-9)8(7,3)4/h1-4H3. The summed E-state index contributed by atoms with van der Waals surface area (Å²) in [4.78, 5) is 10.2. The van der Waals surface area contributed by atoms with E-state index < -0.39 is 0 Å². The Morgan fingerprint density at radius 3 is 1.44 bits per heavy atom. The molecule has 0 radical (unpaired) electrons. The number of rotatable bonds is 0. The van der Waals surface area contributed by atoms with Gasteiger partial charge >= 0.3 is 0 Å². The van der Waals surface area contributed by atoms with Gasteiger partial charge in [-0.25, -0.2) is 4.79 Å². The number of hydrogen-bond donors (Lipinski definition) is 0. The molecule has 1 aliphatic rings. The summed E-state index contributed by atoms with van der Waals surface area (Å²) in [6, 6.07) is 0. The highest BCUT2D eigenvalue weighted by molar-refractivity contribution is 5.67. The van der Waals surface area contributed by atoms with Crippen molar-refractivity contribution in [2.24, 2.45) is 10.8 Å². The highest BCUT2D eigenvalue weighted by Crippen LogP contribution is 2.66. The fourth-order valence-corrected chi connectivity index (χ4v) is 1.29. The van der Waals surface area contributed by atoms with Crippen molar-refractivity contribution in [2.75, 3.05) is 0 Å². The normalized spacial score (nSPS) is 27.3. The molecular formula is C8H12O. The molecular weight excluding hydrogens is 112 g/mol. The Hall–Kier alpha value is -0.550. The van der Waals surface area contributed by atoms with Crippen LogP contribution in [0, 0.1) is 10.8 Å². The fourth-order valence-electron chi connectivity index (χ4n) is 1.29. The zero-order valence-electron chi connectivity index (χ0n) is 6.41. The molecule has 0 aromatic rings. The fraction of sp³-hybridized carbons (Fsp3) is 0.750. The van der Waals surface area contributed by atoms with Gasteiger partial charge in [0.2, 0.25) is 0 Å². The lowest BCUT2D eigenvalue weighted by atomic mass is 10.0. The van der Waals surface area contributed by atoms with Crippen LogP contribution in [-0.2, 0) is 4.79 Å². The summed E-state index contributed by atoms with van der Waals surface area (Å²) in [7, 11) is 0. The van der Waals surface area contributed by atoms with Crippen LogP contribution < -0.4 is 0 Å². The zero-order valence-corrected chi connectivity index (χ0v) is 6.41. The largest absolute Gasteiger partial charge is 0.234 e. The van der Waals surface area contributed by atoms with Gasteiger partial charge in [-0.1, -0.05) is 27.7 Å². The van der Waals surface area contributed by atoms with Crippen molar-refractivity contribution < 1.29 is 4.79 Å². The van der Waals surface area contributed by atoms with Gasteiger partial charge in [0.25, 0.3) is 0 Å². The lowest BCUT2D eigenvalue weighted by Gasteiger charge is -2.01. The summed E-state index contributed by atoms with van der Waals surface area (Å²) in [5.41, 5.74) is 1.14. The summed E-state index contributed by atoms with van der Waals surface area (Å²) in [5.74, 6) is 1.99. The molecule has 0 aromatic heterocycles. The van der Waals surface area contributed by atoms with Crippen LogP contribution in [0.15, 0.2) is 5.57 Å². The molecule has 0 atom stereocenters. The van der Waals surface area contributed by atoms with Crippen LogP contribution in [0.25, 0.3) is 0 Å². The Labute approximate surface area is 55.8 Å². The third-order valence-corrected chi connectivity index (χ3v) is 2.85. The molecule has 50 valence electrons. The van der Waals surface area contributed by atoms with Crippen LogP contribution in [0.2, 0.25) is 0 Å². The van der Waals surface area contributed by atoms with Crippen molar-refractivity contribution >= 4 is 5.94 Å². The maximum atomic E-state index is 10.2. The Morgan fingerprint density at radius 2 is 1.44 bits per heavy atom. The molecule has 0 saturated heterocycles. The van der Waals surface area contributed by atoms with Crippen molar-refractivity contribution in [3.05, 3.63) is 5.57 Å². The van der Waals surface area contributed by atoms with Crippen LogP contribution in [0.5, 0.6) is 0 Å². The van der Waals surface area contributed by atoms with Crippen molar-refractivity contribution in [3.8, 4) is 0 Å². The molecule has 1 saturated carbocycles. The minimum atomic E-state index is 0.106. The summed E-state index contributed by atoms with van der Waals surface area (Å²) >= 11 is 0. The molecule has 1 heteroatoms.